The lowest BCUT2D eigenvalue weighted by Crippen LogP contribution is -2.29. The van der Waals surface area contributed by atoms with E-state index in [0.717, 1.165) is 13.1 Å². The SMILES string of the molecule is CC(C)CNCCNCc1c(F)cccc1F. The first-order valence-corrected chi connectivity index (χ1v) is 5.95. The summed E-state index contributed by atoms with van der Waals surface area (Å²) >= 11 is 0. The summed E-state index contributed by atoms with van der Waals surface area (Å²) in [7, 11) is 0. The fourth-order valence-corrected chi connectivity index (χ4v) is 1.48. The predicted octanol–water partition coefficient (Wildman–Crippen LogP) is 2.30. The van der Waals surface area contributed by atoms with Crippen LogP contribution in [0.5, 0.6) is 0 Å². The van der Waals surface area contributed by atoms with Crippen molar-refractivity contribution in [1.29, 1.82) is 0 Å². The quantitative estimate of drug-likeness (QED) is 0.717. The van der Waals surface area contributed by atoms with E-state index in [-0.39, 0.29) is 12.1 Å². The molecule has 0 aliphatic heterocycles. The molecule has 4 heteroatoms. The fraction of sp³-hybridized carbons (Fsp3) is 0.538. The zero-order chi connectivity index (χ0) is 12.7. The van der Waals surface area contributed by atoms with Gasteiger partial charge in [-0.15, -0.1) is 0 Å². The van der Waals surface area contributed by atoms with Crippen molar-refractivity contribution in [3.05, 3.63) is 35.4 Å². The van der Waals surface area contributed by atoms with Crippen LogP contribution in [0.2, 0.25) is 0 Å². The molecule has 1 rings (SSSR count). The van der Waals surface area contributed by atoms with E-state index in [4.69, 9.17) is 0 Å². The van der Waals surface area contributed by atoms with Gasteiger partial charge in [-0.1, -0.05) is 19.9 Å². The van der Waals surface area contributed by atoms with E-state index in [1.165, 1.54) is 18.2 Å². The maximum absolute atomic E-state index is 13.2. The van der Waals surface area contributed by atoms with Gasteiger partial charge < -0.3 is 10.6 Å². The van der Waals surface area contributed by atoms with E-state index in [2.05, 4.69) is 24.5 Å². The van der Waals surface area contributed by atoms with E-state index in [9.17, 15) is 8.78 Å². The Morgan fingerprint density at radius 1 is 1.06 bits per heavy atom. The van der Waals surface area contributed by atoms with Crippen molar-refractivity contribution in [2.75, 3.05) is 19.6 Å². The first-order valence-electron chi connectivity index (χ1n) is 5.95. The highest BCUT2D eigenvalue weighted by Gasteiger charge is 2.06. The average Bonchev–Trinajstić information content (AvgIpc) is 2.26. The number of hydrogen-bond acceptors (Lipinski definition) is 2. The first kappa shape index (κ1) is 14.1. The number of rotatable bonds is 7. The van der Waals surface area contributed by atoms with Crippen LogP contribution in [0, 0.1) is 17.6 Å². The normalized spacial score (nSPS) is 11.1. The molecule has 1 aromatic carbocycles. The second-order valence-electron chi connectivity index (χ2n) is 4.47. The van der Waals surface area contributed by atoms with Gasteiger partial charge in [0.1, 0.15) is 11.6 Å². The van der Waals surface area contributed by atoms with Gasteiger partial charge in [-0.3, -0.25) is 0 Å². The van der Waals surface area contributed by atoms with Crippen LogP contribution >= 0.6 is 0 Å². The molecule has 0 heterocycles. The molecule has 0 aromatic heterocycles. The van der Waals surface area contributed by atoms with Crippen LogP contribution in [-0.4, -0.2) is 19.6 Å². The minimum atomic E-state index is -0.493. The van der Waals surface area contributed by atoms with Crippen LogP contribution in [0.15, 0.2) is 18.2 Å². The van der Waals surface area contributed by atoms with E-state index >= 15 is 0 Å². The van der Waals surface area contributed by atoms with Crippen molar-refractivity contribution in [1.82, 2.24) is 10.6 Å². The average molecular weight is 242 g/mol. The Morgan fingerprint density at radius 3 is 2.24 bits per heavy atom. The van der Waals surface area contributed by atoms with Gasteiger partial charge in [0.25, 0.3) is 0 Å². The molecule has 17 heavy (non-hydrogen) atoms. The molecule has 96 valence electrons. The zero-order valence-electron chi connectivity index (χ0n) is 10.4. The number of nitrogens with one attached hydrogen (secondary N) is 2. The Labute approximate surface area is 101 Å². The van der Waals surface area contributed by atoms with Gasteiger partial charge in [-0.2, -0.15) is 0 Å². The Morgan fingerprint density at radius 2 is 1.65 bits per heavy atom. The third kappa shape index (κ3) is 5.24. The third-order valence-electron chi connectivity index (χ3n) is 2.39. The fourth-order valence-electron chi connectivity index (χ4n) is 1.48. The second kappa shape index (κ2) is 7.35. The molecule has 1 aromatic rings. The van der Waals surface area contributed by atoms with Crippen LogP contribution in [-0.2, 0) is 6.54 Å². The molecule has 0 saturated heterocycles. The lowest BCUT2D eigenvalue weighted by atomic mass is 10.2. The molecule has 0 unspecified atom stereocenters. The molecule has 0 atom stereocenters. The summed E-state index contributed by atoms with van der Waals surface area (Å²) < 4.78 is 26.5. The number of hydrogen-bond donors (Lipinski definition) is 2. The van der Waals surface area contributed by atoms with E-state index in [1.807, 2.05) is 0 Å². The molecule has 0 aliphatic carbocycles. The van der Waals surface area contributed by atoms with Crippen LogP contribution in [0.3, 0.4) is 0 Å². The first-order chi connectivity index (χ1) is 8.11. The van der Waals surface area contributed by atoms with Gasteiger partial charge >= 0.3 is 0 Å². The van der Waals surface area contributed by atoms with Crippen molar-refractivity contribution < 1.29 is 8.78 Å². The highest BCUT2D eigenvalue weighted by atomic mass is 19.1. The Balaban J connectivity index is 2.22. The summed E-state index contributed by atoms with van der Waals surface area (Å²) in [5.41, 5.74) is 0.108. The maximum atomic E-state index is 13.2. The summed E-state index contributed by atoms with van der Waals surface area (Å²) in [6.07, 6.45) is 0. The van der Waals surface area contributed by atoms with Crippen LogP contribution in [0.4, 0.5) is 8.78 Å². The van der Waals surface area contributed by atoms with Gasteiger partial charge in [-0.05, 0) is 24.6 Å². The Hall–Kier alpha value is -1.00. The lowest BCUT2D eigenvalue weighted by molar-refractivity contribution is 0.514. The van der Waals surface area contributed by atoms with Gasteiger partial charge in [0.15, 0.2) is 0 Å². The molecule has 0 spiro atoms. The van der Waals surface area contributed by atoms with Crippen molar-refractivity contribution in [2.24, 2.45) is 5.92 Å². The van der Waals surface area contributed by atoms with E-state index in [1.54, 1.807) is 0 Å². The maximum Gasteiger partial charge on any atom is 0.130 e. The van der Waals surface area contributed by atoms with E-state index in [0.29, 0.717) is 12.5 Å². The van der Waals surface area contributed by atoms with Crippen LogP contribution in [0.25, 0.3) is 0 Å². The molecule has 2 N–H and O–H groups in total. The second-order valence-corrected chi connectivity index (χ2v) is 4.47. The van der Waals surface area contributed by atoms with Crippen molar-refractivity contribution >= 4 is 0 Å². The Bertz CT molecular complexity index is 320. The molecular weight excluding hydrogens is 222 g/mol. The topological polar surface area (TPSA) is 24.1 Å². The smallest absolute Gasteiger partial charge is 0.130 e. The molecular formula is C13H20F2N2. The molecule has 0 bridgehead atoms. The Kier molecular flexibility index (Phi) is 6.08. The molecule has 2 nitrogen and oxygen atoms in total. The number of benzene rings is 1. The van der Waals surface area contributed by atoms with Gasteiger partial charge in [0.05, 0.1) is 0 Å². The monoisotopic (exact) mass is 242 g/mol. The minimum Gasteiger partial charge on any atom is -0.315 e. The molecule has 0 fully saturated rings. The molecule has 0 radical (unpaired) electrons. The van der Waals surface area contributed by atoms with Crippen molar-refractivity contribution in [2.45, 2.75) is 20.4 Å². The zero-order valence-corrected chi connectivity index (χ0v) is 10.4. The van der Waals surface area contributed by atoms with Gasteiger partial charge in [0.2, 0.25) is 0 Å². The predicted molar refractivity (Wildman–Crippen MR) is 65.8 cm³/mol. The summed E-state index contributed by atoms with van der Waals surface area (Å²) in [4.78, 5) is 0. The minimum absolute atomic E-state index is 0.108. The molecule has 0 aliphatic rings. The van der Waals surface area contributed by atoms with E-state index < -0.39 is 11.6 Å². The van der Waals surface area contributed by atoms with Gasteiger partial charge in [-0.25, -0.2) is 8.78 Å². The standard InChI is InChI=1S/C13H20F2N2/c1-10(2)8-16-6-7-17-9-11-12(14)4-3-5-13(11)15/h3-5,10,16-17H,6-9H2,1-2H3. The highest BCUT2D eigenvalue weighted by Crippen LogP contribution is 2.10. The number of halogens is 2. The molecule has 0 saturated carbocycles. The summed E-state index contributed by atoms with van der Waals surface area (Å²) in [5.74, 6) is -0.376. The largest absolute Gasteiger partial charge is 0.315 e. The summed E-state index contributed by atoms with van der Waals surface area (Å²) in [5, 5.41) is 6.26. The van der Waals surface area contributed by atoms with Gasteiger partial charge in [0, 0.05) is 25.2 Å². The summed E-state index contributed by atoms with van der Waals surface area (Å²) in [6.45, 7) is 6.94. The summed E-state index contributed by atoms with van der Waals surface area (Å²) in [6, 6.07) is 3.92. The lowest BCUT2D eigenvalue weighted by Gasteiger charge is -2.09. The van der Waals surface area contributed by atoms with Crippen molar-refractivity contribution in [3.63, 3.8) is 0 Å². The molecule has 0 amide bonds. The van der Waals surface area contributed by atoms with Crippen molar-refractivity contribution in [3.8, 4) is 0 Å². The van der Waals surface area contributed by atoms with Crippen LogP contribution in [0.1, 0.15) is 19.4 Å². The highest BCUT2D eigenvalue weighted by molar-refractivity contribution is 5.19. The third-order valence-corrected chi connectivity index (χ3v) is 2.39. The van der Waals surface area contributed by atoms with Crippen LogP contribution < -0.4 is 10.6 Å².